The van der Waals surface area contributed by atoms with Gasteiger partial charge in [-0.15, -0.1) is 5.73 Å². The zero-order chi connectivity index (χ0) is 22.5. The minimum Gasteiger partial charge on any atom is -0.497 e. The standard InChI is InChI=1S/C26H27N3O2/c1-6-21(25(16(2)3)18-7-10-20(31-5)11-8-18)19-9-12-24(29-13-19)22-14-28-15-23(17(22)4)26(27)30/h7-16,25H,1H2,2-5H3,(H2,27,30). The van der Waals surface area contributed by atoms with Gasteiger partial charge in [-0.25, -0.2) is 0 Å². The van der Waals surface area contributed by atoms with Gasteiger partial charge in [0.25, 0.3) is 5.91 Å². The number of benzene rings is 1. The lowest BCUT2D eigenvalue weighted by Gasteiger charge is -2.24. The van der Waals surface area contributed by atoms with Crippen LogP contribution in [0.2, 0.25) is 0 Å². The number of amides is 1. The molecule has 0 aliphatic carbocycles. The molecule has 3 aromatic rings. The summed E-state index contributed by atoms with van der Waals surface area (Å²) in [5.74, 6) is 0.761. The zero-order valence-corrected chi connectivity index (χ0v) is 18.3. The van der Waals surface area contributed by atoms with Crippen molar-refractivity contribution in [2.75, 3.05) is 7.11 Å². The second kappa shape index (κ2) is 9.41. The first-order valence-corrected chi connectivity index (χ1v) is 10.1. The minimum atomic E-state index is -0.500. The average Bonchev–Trinajstić information content (AvgIpc) is 2.77. The van der Waals surface area contributed by atoms with E-state index in [1.54, 1.807) is 13.3 Å². The molecule has 0 aliphatic rings. The predicted molar refractivity (Wildman–Crippen MR) is 124 cm³/mol. The smallest absolute Gasteiger partial charge is 0.250 e. The lowest BCUT2D eigenvalue weighted by molar-refractivity contribution is 0.0999. The second-order valence-electron chi connectivity index (χ2n) is 7.74. The van der Waals surface area contributed by atoms with Crippen molar-refractivity contribution < 1.29 is 9.53 Å². The summed E-state index contributed by atoms with van der Waals surface area (Å²) >= 11 is 0. The van der Waals surface area contributed by atoms with E-state index in [0.29, 0.717) is 11.5 Å². The van der Waals surface area contributed by atoms with Crippen LogP contribution in [0.25, 0.3) is 16.8 Å². The summed E-state index contributed by atoms with van der Waals surface area (Å²) in [5.41, 5.74) is 14.4. The molecule has 0 saturated heterocycles. The molecule has 5 heteroatoms. The molecular formula is C26H27N3O2. The first kappa shape index (κ1) is 22.0. The molecule has 0 fully saturated rings. The van der Waals surface area contributed by atoms with Gasteiger partial charge in [-0.05, 0) is 42.2 Å². The molecule has 2 N–H and O–H groups in total. The number of hydrogen-bond donors (Lipinski definition) is 1. The Morgan fingerprint density at radius 1 is 1.10 bits per heavy atom. The van der Waals surface area contributed by atoms with Gasteiger partial charge in [0, 0.05) is 41.2 Å². The number of primary amides is 1. The molecule has 1 unspecified atom stereocenters. The van der Waals surface area contributed by atoms with Crippen LogP contribution in [-0.2, 0) is 0 Å². The Hall–Kier alpha value is -3.69. The van der Waals surface area contributed by atoms with Gasteiger partial charge in [-0.3, -0.25) is 14.8 Å². The van der Waals surface area contributed by atoms with E-state index in [9.17, 15) is 4.79 Å². The van der Waals surface area contributed by atoms with Crippen LogP contribution in [-0.4, -0.2) is 23.0 Å². The van der Waals surface area contributed by atoms with Gasteiger partial charge in [-0.2, -0.15) is 0 Å². The van der Waals surface area contributed by atoms with Gasteiger partial charge in [0.1, 0.15) is 5.75 Å². The molecule has 5 nitrogen and oxygen atoms in total. The fourth-order valence-electron chi connectivity index (χ4n) is 3.83. The van der Waals surface area contributed by atoms with Crippen molar-refractivity contribution in [3.63, 3.8) is 0 Å². The number of nitrogens with zero attached hydrogens (tertiary/aromatic N) is 2. The molecule has 2 aromatic heterocycles. The number of carbonyl (C=O) groups is 1. The van der Waals surface area contributed by atoms with E-state index >= 15 is 0 Å². The molecule has 0 radical (unpaired) electrons. The fourth-order valence-corrected chi connectivity index (χ4v) is 3.83. The van der Waals surface area contributed by atoms with Gasteiger partial charge in [0.05, 0.1) is 18.4 Å². The fraction of sp³-hybridized carbons (Fsp3) is 0.231. The Balaban J connectivity index is 1.98. The highest BCUT2D eigenvalue weighted by Crippen LogP contribution is 2.38. The first-order chi connectivity index (χ1) is 14.9. The maximum atomic E-state index is 11.6. The van der Waals surface area contributed by atoms with Crippen LogP contribution in [0.4, 0.5) is 0 Å². The number of hydrogen-bond acceptors (Lipinski definition) is 4. The molecule has 158 valence electrons. The quantitative estimate of drug-likeness (QED) is 0.542. The first-order valence-electron chi connectivity index (χ1n) is 10.1. The monoisotopic (exact) mass is 413 g/mol. The van der Waals surface area contributed by atoms with E-state index in [-0.39, 0.29) is 5.92 Å². The molecule has 3 rings (SSSR count). The van der Waals surface area contributed by atoms with Gasteiger partial charge in [0.2, 0.25) is 0 Å². The number of aromatic nitrogens is 2. The van der Waals surface area contributed by atoms with Crippen LogP contribution < -0.4 is 10.5 Å². The number of rotatable bonds is 7. The van der Waals surface area contributed by atoms with Crippen molar-refractivity contribution in [3.8, 4) is 17.0 Å². The summed E-state index contributed by atoms with van der Waals surface area (Å²) in [6.45, 7) is 10.2. The van der Waals surface area contributed by atoms with Crippen molar-refractivity contribution in [1.29, 1.82) is 0 Å². The van der Waals surface area contributed by atoms with Crippen LogP contribution in [0.15, 0.2) is 67.3 Å². The third-order valence-electron chi connectivity index (χ3n) is 5.47. The maximum Gasteiger partial charge on any atom is 0.250 e. The van der Waals surface area contributed by atoms with Gasteiger partial charge in [0.15, 0.2) is 0 Å². The summed E-state index contributed by atoms with van der Waals surface area (Å²) < 4.78 is 5.29. The third-order valence-corrected chi connectivity index (χ3v) is 5.47. The number of carbonyl (C=O) groups excluding carboxylic acids is 1. The van der Waals surface area contributed by atoms with Crippen molar-refractivity contribution in [1.82, 2.24) is 9.97 Å². The molecule has 2 heterocycles. The number of nitrogens with two attached hydrogens (primary N) is 1. The highest BCUT2D eigenvalue weighted by atomic mass is 16.5. The highest BCUT2D eigenvalue weighted by Gasteiger charge is 2.22. The number of ether oxygens (including phenoxy) is 1. The average molecular weight is 414 g/mol. The second-order valence-corrected chi connectivity index (χ2v) is 7.74. The van der Waals surface area contributed by atoms with Gasteiger partial charge >= 0.3 is 0 Å². The van der Waals surface area contributed by atoms with Crippen molar-refractivity contribution in [2.24, 2.45) is 11.7 Å². The van der Waals surface area contributed by atoms with Crippen molar-refractivity contribution >= 4 is 11.5 Å². The molecule has 0 spiro atoms. The van der Waals surface area contributed by atoms with E-state index in [4.69, 9.17) is 10.5 Å². The molecular weight excluding hydrogens is 386 g/mol. The molecule has 0 saturated carbocycles. The molecule has 0 bridgehead atoms. The van der Waals surface area contributed by atoms with Crippen molar-refractivity contribution in [3.05, 3.63) is 89.6 Å². The Kier molecular flexibility index (Phi) is 6.68. The third kappa shape index (κ3) is 4.57. The van der Waals surface area contributed by atoms with Gasteiger partial charge < -0.3 is 10.5 Å². The lowest BCUT2D eigenvalue weighted by Crippen LogP contribution is -2.13. The Labute approximate surface area is 183 Å². The molecule has 1 amide bonds. The number of pyridine rings is 2. The van der Waals surface area contributed by atoms with E-state index in [1.165, 1.54) is 11.8 Å². The molecule has 0 aliphatic heterocycles. The molecule has 1 aromatic carbocycles. The highest BCUT2D eigenvalue weighted by molar-refractivity contribution is 5.95. The largest absolute Gasteiger partial charge is 0.497 e. The van der Waals surface area contributed by atoms with Crippen LogP contribution >= 0.6 is 0 Å². The molecule has 1 atom stereocenters. The van der Waals surface area contributed by atoms with E-state index in [0.717, 1.165) is 33.7 Å². The van der Waals surface area contributed by atoms with Gasteiger partial charge in [-0.1, -0.05) is 38.6 Å². The summed E-state index contributed by atoms with van der Waals surface area (Å²) in [6.07, 6.45) is 5.00. The van der Waals surface area contributed by atoms with Crippen LogP contribution in [0.3, 0.4) is 0 Å². The summed E-state index contributed by atoms with van der Waals surface area (Å²) in [6, 6.07) is 12.0. The maximum absolute atomic E-state index is 11.6. The topological polar surface area (TPSA) is 78.1 Å². The van der Waals surface area contributed by atoms with E-state index < -0.39 is 5.91 Å². The Morgan fingerprint density at radius 2 is 1.81 bits per heavy atom. The predicted octanol–water partition coefficient (Wildman–Crippen LogP) is 5.17. The minimum absolute atomic E-state index is 0.109. The van der Waals surface area contributed by atoms with E-state index in [2.05, 4.69) is 48.3 Å². The summed E-state index contributed by atoms with van der Waals surface area (Å²) in [4.78, 5) is 20.4. The molecule has 31 heavy (non-hydrogen) atoms. The van der Waals surface area contributed by atoms with E-state index in [1.807, 2.05) is 37.4 Å². The summed E-state index contributed by atoms with van der Waals surface area (Å²) in [5, 5.41) is 0. The Morgan fingerprint density at radius 3 is 2.32 bits per heavy atom. The lowest BCUT2D eigenvalue weighted by atomic mass is 9.80. The van der Waals surface area contributed by atoms with Crippen LogP contribution in [0.5, 0.6) is 5.75 Å². The summed E-state index contributed by atoms with van der Waals surface area (Å²) in [7, 11) is 1.66. The normalized spacial score (nSPS) is 11.6. The SMILES string of the molecule is C=C=C(c1ccc(-c2cncc(C(N)=O)c2C)nc1)C(c1ccc(OC)cc1)C(C)C. The number of methoxy groups -OCH3 is 1. The van der Waals surface area contributed by atoms with Crippen LogP contribution in [0.1, 0.15) is 46.8 Å². The number of allylic oxidation sites excluding steroid dienone is 1. The zero-order valence-electron chi connectivity index (χ0n) is 18.3. The Bertz CT molecular complexity index is 1130. The van der Waals surface area contributed by atoms with Crippen molar-refractivity contribution in [2.45, 2.75) is 26.7 Å². The van der Waals surface area contributed by atoms with Crippen LogP contribution in [0, 0.1) is 12.8 Å².